The Kier molecular flexibility index (Phi) is 5.79. The quantitative estimate of drug-likeness (QED) is 0.828. The van der Waals surface area contributed by atoms with Gasteiger partial charge >= 0.3 is 0 Å². The zero-order chi connectivity index (χ0) is 20.3. The fraction of sp³-hybridized carbons (Fsp3) is 0.350. The maximum absolute atomic E-state index is 12.7. The molecule has 1 atom stereocenters. The Morgan fingerprint density at radius 3 is 2.61 bits per heavy atom. The Morgan fingerprint density at radius 1 is 1.25 bits per heavy atom. The lowest BCUT2D eigenvalue weighted by Crippen LogP contribution is -2.35. The van der Waals surface area contributed by atoms with Crippen LogP contribution < -0.4 is 19.1 Å². The highest BCUT2D eigenvalue weighted by Crippen LogP contribution is 2.35. The lowest BCUT2D eigenvalue weighted by Gasteiger charge is -2.21. The molecule has 0 saturated carbocycles. The van der Waals surface area contributed by atoms with Crippen LogP contribution in [0.25, 0.3) is 0 Å². The Morgan fingerprint density at radius 2 is 1.96 bits per heavy atom. The van der Waals surface area contributed by atoms with Gasteiger partial charge in [-0.2, -0.15) is 0 Å². The number of anilines is 2. The van der Waals surface area contributed by atoms with Crippen molar-refractivity contribution in [2.75, 3.05) is 29.0 Å². The first-order chi connectivity index (χ1) is 13.3. The fourth-order valence-corrected chi connectivity index (χ4v) is 3.98. The number of benzene rings is 2. The molecule has 2 aromatic carbocycles. The number of aryl methyl sites for hydroxylation is 1. The second-order valence-corrected chi connectivity index (χ2v) is 8.55. The highest BCUT2D eigenvalue weighted by molar-refractivity contribution is 7.92. The van der Waals surface area contributed by atoms with Crippen molar-refractivity contribution in [2.24, 2.45) is 0 Å². The lowest BCUT2D eigenvalue weighted by molar-refractivity contribution is -0.122. The van der Waals surface area contributed by atoms with Gasteiger partial charge in [0.15, 0.2) is 6.10 Å². The summed E-state index contributed by atoms with van der Waals surface area (Å²) in [5, 5.41) is 2.82. The molecule has 8 heteroatoms. The van der Waals surface area contributed by atoms with Crippen molar-refractivity contribution < 1.29 is 22.7 Å². The third-order valence-electron chi connectivity index (χ3n) is 4.37. The van der Waals surface area contributed by atoms with Gasteiger partial charge in [0.05, 0.1) is 18.6 Å². The molecule has 0 saturated heterocycles. The number of nitrogens with zero attached hydrogens (tertiary/aromatic N) is 1. The smallest absolute Gasteiger partial charge is 0.265 e. The number of nitrogens with one attached hydrogen (secondary N) is 1. The van der Waals surface area contributed by atoms with Crippen molar-refractivity contribution in [2.45, 2.75) is 26.4 Å². The van der Waals surface area contributed by atoms with Gasteiger partial charge in [0.2, 0.25) is 10.0 Å². The molecule has 1 amide bonds. The van der Waals surface area contributed by atoms with Crippen LogP contribution in [0.15, 0.2) is 42.5 Å². The van der Waals surface area contributed by atoms with Crippen molar-refractivity contribution in [3.05, 3.63) is 48.0 Å². The molecular formula is C20H24N2O5S. The van der Waals surface area contributed by atoms with Crippen LogP contribution >= 0.6 is 0 Å². The molecule has 3 rings (SSSR count). The molecule has 0 bridgehead atoms. The summed E-state index contributed by atoms with van der Waals surface area (Å²) >= 11 is 0. The van der Waals surface area contributed by atoms with Gasteiger partial charge in [0.25, 0.3) is 5.91 Å². The summed E-state index contributed by atoms with van der Waals surface area (Å²) in [7, 11) is -3.49. The van der Waals surface area contributed by atoms with Crippen LogP contribution in [0.3, 0.4) is 0 Å². The van der Waals surface area contributed by atoms with Crippen LogP contribution in [0.1, 0.15) is 18.9 Å². The summed E-state index contributed by atoms with van der Waals surface area (Å²) in [5.74, 6) is 0.769. The van der Waals surface area contributed by atoms with Gasteiger partial charge in [0.1, 0.15) is 11.5 Å². The van der Waals surface area contributed by atoms with E-state index < -0.39 is 16.1 Å². The van der Waals surface area contributed by atoms with Crippen molar-refractivity contribution >= 4 is 27.3 Å². The fourth-order valence-electron chi connectivity index (χ4n) is 3.04. The first-order valence-electron chi connectivity index (χ1n) is 9.06. The highest BCUT2D eigenvalue weighted by atomic mass is 32.2. The predicted octanol–water partition coefficient (Wildman–Crippen LogP) is 2.95. The molecule has 1 heterocycles. The van der Waals surface area contributed by atoms with E-state index in [4.69, 9.17) is 9.47 Å². The molecule has 0 spiro atoms. The standard InChI is InChI=1S/C20H24N2O5S/c1-4-26-16-8-6-15(7-9-16)21-20(23)19-11-12-22(28(3,24)25)17-13-14(2)5-10-18(17)27-19/h5-10,13,19H,4,11-12H2,1-3H3,(H,21,23). The highest BCUT2D eigenvalue weighted by Gasteiger charge is 2.31. The molecule has 0 aromatic heterocycles. The summed E-state index contributed by atoms with van der Waals surface area (Å²) in [4.78, 5) is 12.7. The third-order valence-corrected chi connectivity index (χ3v) is 5.55. The van der Waals surface area contributed by atoms with E-state index in [-0.39, 0.29) is 18.9 Å². The first-order valence-corrected chi connectivity index (χ1v) is 10.9. The molecule has 28 heavy (non-hydrogen) atoms. The van der Waals surface area contributed by atoms with E-state index in [9.17, 15) is 13.2 Å². The van der Waals surface area contributed by atoms with Gasteiger partial charge in [-0.15, -0.1) is 0 Å². The van der Waals surface area contributed by atoms with E-state index in [1.165, 1.54) is 4.31 Å². The van der Waals surface area contributed by atoms with E-state index >= 15 is 0 Å². The lowest BCUT2D eigenvalue weighted by atomic mass is 10.2. The molecule has 0 radical (unpaired) electrons. The topological polar surface area (TPSA) is 84.9 Å². The monoisotopic (exact) mass is 404 g/mol. The van der Waals surface area contributed by atoms with Crippen molar-refractivity contribution in [3.63, 3.8) is 0 Å². The number of ether oxygens (including phenoxy) is 2. The summed E-state index contributed by atoms with van der Waals surface area (Å²) in [6, 6.07) is 12.3. The number of fused-ring (bicyclic) bond motifs is 1. The molecule has 2 aromatic rings. The number of rotatable bonds is 5. The normalized spacial score (nSPS) is 16.5. The van der Waals surface area contributed by atoms with E-state index in [2.05, 4.69) is 5.32 Å². The first kappa shape index (κ1) is 20.0. The second kappa shape index (κ2) is 8.10. The van der Waals surface area contributed by atoms with Gasteiger partial charge in [-0.05, 0) is 55.8 Å². The van der Waals surface area contributed by atoms with Gasteiger partial charge < -0.3 is 14.8 Å². The number of sulfonamides is 1. The van der Waals surface area contributed by atoms with Gasteiger partial charge in [0, 0.05) is 18.7 Å². The summed E-state index contributed by atoms with van der Waals surface area (Å²) in [5.41, 5.74) is 1.98. The number of carbonyl (C=O) groups excluding carboxylic acids is 1. The zero-order valence-corrected chi connectivity index (χ0v) is 17.0. The molecule has 1 unspecified atom stereocenters. The van der Waals surface area contributed by atoms with Crippen LogP contribution in [0, 0.1) is 6.92 Å². The van der Waals surface area contributed by atoms with Crippen LogP contribution in [-0.4, -0.2) is 39.8 Å². The molecular weight excluding hydrogens is 380 g/mol. The zero-order valence-electron chi connectivity index (χ0n) is 16.1. The number of amides is 1. The molecule has 150 valence electrons. The van der Waals surface area contributed by atoms with Crippen molar-refractivity contribution in [3.8, 4) is 11.5 Å². The maximum Gasteiger partial charge on any atom is 0.265 e. The Bertz CT molecular complexity index is 957. The summed E-state index contributed by atoms with van der Waals surface area (Å²) in [6.07, 6.45) is 0.586. The second-order valence-electron chi connectivity index (χ2n) is 6.65. The van der Waals surface area contributed by atoms with Crippen LogP contribution in [0.4, 0.5) is 11.4 Å². The van der Waals surface area contributed by atoms with Gasteiger partial charge in [-0.25, -0.2) is 8.42 Å². The minimum Gasteiger partial charge on any atom is -0.494 e. The molecule has 1 aliphatic rings. The summed E-state index contributed by atoms with van der Waals surface area (Å²) < 4.78 is 37.0. The van der Waals surface area contributed by atoms with E-state index in [1.54, 1.807) is 36.4 Å². The average molecular weight is 404 g/mol. The minimum absolute atomic E-state index is 0.163. The molecule has 7 nitrogen and oxygen atoms in total. The van der Waals surface area contributed by atoms with Crippen molar-refractivity contribution in [1.82, 2.24) is 0 Å². The van der Waals surface area contributed by atoms with Crippen LogP contribution in [-0.2, 0) is 14.8 Å². The Balaban J connectivity index is 1.80. The predicted molar refractivity (Wildman–Crippen MR) is 109 cm³/mol. The van der Waals surface area contributed by atoms with Crippen molar-refractivity contribution in [1.29, 1.82) is 0 Å². The Hall–Kier alpha value is -2.74. The number of hydrogen-bond acceptors (Lipinski definition) is 5. The van der Waals surface area contributed by atoms with Gasteiger partial charge in [-0.3, -0.25) is 9.10 Å². The SMILES string of the molecule is CCOc1ccc(NC(=O)C2CCN(S(C)(=O)=O)c3cc(C)ccc3O2)cc1. The minimum atomic E-state index is -3.49. The average Bonchev–Trinajstić information content (AvgIpc) is 2.82. The number of hydrogen-bond donors (Lipinski definition) is 1. The van der Waals surface area contributed by atoms with Crippen LogP contribution in [0.5, 0.6) is 11.5 Å². The van der Waals surface area contributed by atoms with E-state index in [1.807, 2.05) is 19.9 Å². The van der Waals surface area contributed by atoms with Crippen LogP contribution in [0.2, 0.25) is 0 Å². The Labute approximate surface area is 165 Å². The largest absolute Gasteiger partial charge is 0.494 e. The maximum atomic E-state index is 12.7. The number of carbonyl (C=O) groups is 1. The molecule has 0 aliphatic carbocycles. The third kappa shape index (κ3) is 4.56. The molecule has 1 aliphatic heterocycles. The van der Waals surface area contributed by atoms with E-state index in [0.717, 1.165) is 17.6 Å². The summed E-state index contributed by atoms with van der Waals surface area (Å²) in [6.45, 7) is 4.51. The van der Waals surface area contributed by atoms with E-state index in [0.29, 0.717) is 23.7 Å². The molecule has 0 fully saturated rings. The molecule has 1 N–H and O–H groups in total. The van der Waals surface area contributed by atoms with Gasteiger partial charge in [-0.1, -0.05) is 6.07 Å².